The standard InChI is InChI=1S/C18H17N7O2S/c1-26-15-6-3-2-5-14(15)25-18(21-23-24-25)28-12-4-7-16-20-17(22-27-16)13-8-10-19-11-9-13/h2-3,5-6,8-11H,4,7,12H2,1H3. The average molecular weight is 395 g/mol. The zero-order chi connectivity index (χ0) is 19.2. The van der Waals surface area contributed by atoms with Crippen molar-refractivity contribution in [2.24, 2.45) is 0 Å². The van der Waals surface area contributed by atoms with Crippen LogP contribution in [0, 0.1) is 0 Å². The topological polar surface area (TPSA) is 105 Å². The smallest absolute Gasteiger partial charge is 0.226 e. The first kappa shape index (κ1) is 18.1. The van der Waals surface area contributed by atoms with Crippen LogP contribution in [-0.4, -0.2) is 48.2 Å². The van der Waals surface area contributed by atoms with Crippen molar-refractivity contribution in [1.29, 1.82) is 0 Å². The molecule has 0 fully saturated rings. The molecule has 10 heteroatoms. The summed E-state index contributed by atoms with van der Waals surface area (Å²) in [6.45, 7) is 0. The highest BCUT2D eigenvalue weighted by molar-refractivity contribution is 7.99. The summed E-state index contributed by atoms with van der Waals surface area (Å²) in [5.74, 6) is 2.70. The second-order valence-corrected chi connectivity index (χ2v) is 6.81. The summed E-state index contributed by atoms with van der Waals surface area (Å²) in [4.78, 5) is 8.41. The van der Waals surface area contributed by atoms with E-state index in [4.69, 9.17) is 9.26 Å². The Kier molecular flexibility index (Phi) is 5.57. The quantitative estimate of drug-likeness (QED) is 0.329. The predicted molar refractivity (Wildman–Crippen MR) is 102 cm³/mol. The van der Waals surface area contributed by atoms with Crippen LogP contribution in [0.25, 0.3) is 17.1 Å². The number of para-hydroxylation sites is 2. The molecule has 4 aromatic rings. The Morgan fingerprint density at radius 1 is 1.14 bits per heavy atom. The third kappa shape index (κ3) is 4.01. The van der Waals surface area contributed by atoms with E-state index in [9.17, 15) is 0 Å². The molecular formula is C18H17N7O2S. The molecule has 4 rings (SSSR count). The lowest BCUT2D eigenvalue weighted by atomic mass is 10.2. The molecule has 0 bridgehead atoms. The maximum absolute atomic E-state index is 5.39. The van der Waals surface area contributed by atoms with Gasteiger partial charge in [-0.2, -0.15) is 9.67 Å². The number of aromatic nitrogens is 7. The highest BCUT2D eigenvalue weighted by atomic mass is 32.2. The Balaban J connectivity index is 1.35. The minimum Gasteiger partial charge on any atom is -0.494 e. The van der Waals surface area contributed by atoms with E-state index in [0.29, 0.717) is 29.0 Å². The summed E-state index contributed by atoms with van der Waals surface area (Å²) in [5.41, 5.74) is 1.69. The van der Waals surface area contributed by atoms with Crippen LogP contribution in [-0.2, 0) is 6.42 Å². The summed E-state index contributed by atoms with van der Waals surface area (Å²) >= 11 is 1.56. The van der Waals surface area contributed by atoms with E-state index in [1.807, 2.05) is 36.4 Å². The van der Waals surface area contributed by atoms with E-state index in [0.717, 1.165) is 23.4 Å². The zero-order valence-corrected chi connectivity index (χ0v) is 15.9. The second kappa shape index (κ2) is 8.61. The molecule has 0 N–H and O–H groups in total. The van der Waals surface area contributed by atoms with Gasteiger partial charge in [-0.15, -0.1) is 5.10 Å². The van der Waals surface area contributed by atoms with Crippen molar-refractivity contribution in [3.63, 3.8) is 0 Å². The van der Waals surface area contributed by atoms with Gasteiger partial charge in [-0.05, 0) is 41.1 Å². The minimum atomic E-state index is 0.574. The first-order valence-electron chi connectivity index (χ1n) is 8.62. The number of tetrazole rings is 1. The van der Waals surface area contributed by atoms with Crippen LogP contribution in [0.3, 0.4) is 0 Å². The number of methoxy groups -OCH3 is 1. The highest BCUT2D eigenvalue weighted by Crippen LogP contribution is 2.26. The number of hydrogen-bond acceptors (Lipinski definition) is 9. The number of ether oxygens (including phenoxy) is 1. The molecule has 3 heterocycles. The second-order valence-electron chi connectivity index (χ2n) is 5.74. The van der Waals surface area contributed by atoms with Crippen LogP contribution < -0.4 is 4.74 Å². The Labute approximate surface area is 165 Å². The molecule has 0 saturated heterocycles. The van der Waals surface area contributed by atoms with Crippen LogP contribution in [0.5, 0.6) is 5.75 Å². The lowest BCUT2D eigenvalue weighted by molar-refractivity contribution is 0.378. The van der Waals surface area contributed by atoms with Gasteiger partial charge in [0, 0.05) is 30.1 Å². The van der Waals surface area contributed by atoms with Gasteiger partial charge in [0.05, 0.1) is 7.11 Å². The molecule has 0 amide bonds. The number of hydrogen-bond donors (Lipinski definition) is 0. The summed E-state index contributed by atoms with van der Waals surface area (Å²) < 4.78 is 12.4. The molecule has 0 aliphatic heterocycles. The lowest BCUT2D eigenvalue weighted by Gasteiger charge is -2.08. The molecular weight excluding hydrogens is 378 g/mol. The van der Waals surface area contributed by atoms with Crippen molar-refractivity contribution >= 4 is 11.8 Å². The van der Waals surface area contributed by atoms with Crippen LogP contribution in [0.4, 0.5) is 0 Å². The third-order valence-electron chi connectivity index (χ3n) is 3.93. The summed E-state index contributed by atoms with van der Waals surface area (Å²) in [6, 6.07) is 11.3. The fourth-order valence-corrected chi connectivity index (χ4v) is 3.41. The molecule has 0 spiro atoms. The van der Waals surface area contributed by atoms with Gasteiger partial charge in [-0.25, -0.2) is 0 Å². The molecule has 0 saturated carbocycles. The van der Waals surface area contributed by atoms with Gasteiger partial charge >= 0.3 is 0 Å². The SMILES string of the molecule is COc1ccccc1-n1nnnc1SCCCc1nc(-c2ccncc2)no1. The number of aryl methyl sites for hydroxylation is 1. The number of nitrogens with zero attached hydrogens (tertiary/aromatic N) is 7. The van der Waals surface area contributed by atoms with Crippen LogP contribution in [0.15, 0.2) is 58.5 Å². The third-order valence-corrected chi connectivity index (χ3v) is 4.93. The largest absolute Gasteiger partial charge is 0.494 e. The van der Waals surface area contributed by atoms with E-state index < -0.39 is 0 Å². The first-order chi connectivity index (χ1) is 13.8. The van der Waals surface area contributed by atoms with Gasteiger partial charge in [0.25, 0.3) is 0 Å². The van der Waals surface area contributed by atoms with Gasteiger partial charge < -0.3 is 9.26 Å². The van der Waals surface area contributed by atoms with Crippen molar-refractivity contribution < 1.29 is 9.26 Å². The van der Waals surface area contributed by atoms with Crippen LogP contribution >= 0.6 is 11.8 Å². The minimum absolute atomic E-state index is 0.574. The average Bonchev–Trinajstić information content (AvgIpc) is 3.41. The molecule has 0 radical (unpaired) electrons. The normalized spacial score (nSPS) is 10.9. The van der Waals surface area contributed by atoms with Crippen molar-refractivity contribution in [2.45, 2.75) is 18.0 Å². The van der Waals surface area contributed by atoms with Gasteiger partial charge in [-0.3, -0.25) is 4.98 Å². The molecule has 0 unspecified atom stereocenters. The van der Waals surface area contributed by atoms with Gasteiger partial charge in [0.1, 0.15) is 11.4 Å². The molecule has 142 valence electrons. The van der Waals surface area contributed by atoms with Crippen molar-refractivity contribution in [2.75, 3.05) is 12.9 Å². The Hall–Kier alpha value is -3.27. The van der Waals surface area contributed by atoms with E-state index in [1.54, 1.807) is 35.9 Å². The summed E-state index contributed by atoms with van der Waals surface area (Å²) in [7, 11) is 1.63. The lowest BCUT2D eigenvalue weighted by Crippen LogP contribution is -2.02. The van der Waals surface area contributed by atoms with Gasteiger partial charge in [-0.1, -0.05) is 29.1 Å². The molecule has 28 heavy (non-hydrogen) atoms. The maximum Gasteiger partial charge on any atom is 0.226 e. The summed E-state index contributed by atoms with van der Waals surface area (Å²) in [5, 5.41) is 16.7. The number of pyridine rings is 1. The molecule has 0 atom stereocenters. The summed E-state index contributed by atoms with van der Waals surface area (Å²) in [6.07, 6.45) is 4.94. The van der Waals surface area contributed by atoms with E-state index >= 15 is 0 Å². The van der Waals surface area contributed by atoms with Crippen LogP contribution in [0.2, 0.25) is 0 Å². The molecule has 3 aromatic heterocycles. The predicted octanol–water partition coefficient (Wildman–Crippen LogP) is 2.84. The molecule has 0 aliphatic carbocycles. The van der Waals surface area contributed by atoms with Gasteiger partial charge in [0.2, 0.25) is 16.9 Å². The fraction of sp³-hybridized carbons (Fsp3) is 0.222. The Bertz CT molecular complexity index is 1040. The van der Waals surface area contributed by atoms with Crippen molar-refractivity contribution in [3.8, 4) is 22.8 Å². The van der Waals surface area contributed by atoms with Crippen molar-refractivity contribution in [1.82, 2.24) is 35.3 Å². The molecule has 0 aliphatic rings. The molecule has 1 aromatic carbocycles. The van der Waals surface area contributed by atoms with E-state index in [-0.39, 0.29) is 0 Å². The monoisotopic (exact) mass is 395 g/mol. The Morgan fingerprint density at radius 2 is 2.00 bits per heavy atom. The maximum atomic E-state index is 5.39. The number of rotatable bonds is 8. The Morgan fingerprint density at radius 3 is 2.86 bits per heavy atom. The van der Waals surface area contributed by atoms with Crippen molar-refractivity contribution in [3.05, 3.63) is 54.7 Å². The van der Waals surface area contributed by atoms with E-state index in [1.165, 1.54) is 0 Å². The van der Waals surface area contributed by atoms with Crippen LogP contribution in [0.1, 0.15) is 12.3 Å². The number of thioether (sulfide) groups is 1. The zero-order valence-electron chi connectivity index (χ0n) is 15.1. The van der Waals surface area contributed by atoms with E-state index in [2.05, 4.69) is 30.7 Å². The number of benzene rings is 1. The molecule has 9 nitrogen and oxygen atoms in total. The fourth-order valence-electron chi connectivity index (χ4n) is 2.59. The first-order valence-corrected chi connectivity index (χ1v) is 9.61. The van der Waals surface area contributed by atoms with Gasteiger partial charge in [0.15, 0.2) is 0 Å². The highest BCUT2D eigenvalue weighted by Gasteiger charge is 2.13.